The molecule has 1 amide bonds. The zero-order chi connectivity index (χ0) is 29.3. The Bertz CT molecular complexity index is 1430. The number of primary amides is 1. The lowest BCUT2D eigenvalue weighted by Crippen LogP contribution is -2.65. The van der Waals surface area contributed by atoms with Gasteiger partial charge in [-0.3, -0.25) is 28.9 Å². The fourth-order valence-corrected chi connectivity index (χ4v) is 7.14. The average molecular weight is 553 g/mol. The first-order valence-corrected chi connectivity index (χ1v) is 13.4. The Kier molecular flexibility index (Phi) is 6.70. The second-order valence-corrected chi connectivity index (χ2v) is 11.5. The maximum Gasteiger partial charge on any atom is 0.255 e. The topological polar surface area (TPSA) is 196 Å². The molecule has 0 saturated heterocycles. The average Bonchev–Trinajstić information content (AvgIpc) is 2.90. The highest BCUT2D eigenvalue weighted by Crippen LogP contribution is 2.53. The molecule has 0 aromatic heterocycles. The van der Waals surface area contributed by atoms with Crippen molar-refractivity contribution in [2.24, 2.45) is 23.5 Å². The summed E-state index contributed by atoms with van der Waals surface area (Å²) < 4.78 is 0. The van der Waals surface area contributed by atoms with Gasteiger partial charge in [0.15, 0.2) is 11.4 Å². The first-order valence-electron chi connectivity index (χ1n) is 13.4. The van der Waals surface area contributed by atoms with Gasteiger partial charge in [-0.1, -0.05) is 19.3 Å². The molecule has 1 unspecified atom stereocenters. The highest BCUT2D eigenvalue weighted by atomic mass is 16.3. The Morgan fingerprint density at radius 2 is 1.68 bits per heavy atom. The van der Waals surface area contributed by atoms with Gasteiger partial charge in [0.1, 0.15) is 22.8 Å². The second kappa shape index (κ2) is 9.67. The first-order chi connectivity index (χ1) is 18.8. The van der Waals surface area contributed by atoms with E-state index in [2.05, 4.69) is 0 Å². The number of likely N-dealkylation sites (N-methyl/N-ethyl adjacent to an activating group) is 1. The summed E-state index contributed by atoms with van der Waals surface area (Å²) >= 11 is 0. The lowest BCUT2D eigenvalue weighted by molar-refractivity contribution is -0.153. The van der Waals surface area contributed by atoms with Crippen LogP contribution in [0.2, 0.25) is 0 Å². The van der Waals surface area contributed by atoms with Gasteiger partial charge >= 0.3 is 0 Å². The van der Waals surface area contributed by atoms with Crippen LogP contribution in [0.15, 0.2) is 29.0 Å². The summed E-state index contributed by atoms with van der Waals surface area (Å²) in [6, 6.07) is 1.28. The fraction of sp³-hybridized carbons (Fsp3) is 0.483. The van der Waals surface area contributed by atoms with Crippen molar-refractivity contribution in [1.29, 1.82) is 0 Å². The molecule has 40 heavy (non-hydrogen) atoms. The van der Waals surface area contributed by atoms with E-state index in [0.29, 0.717) is 12.8 Å². The van der Waals surface area contributed by atoms with Crippen molar-refractivity contribution in [2.75, 3.05) is 14.1 Å². The molecule has 0 radical (unpaired) electrons. The van der Waals surface area contributed by atoms with Crippen molar-refractivity contribution in [3.63, 3.8) is 0 Å². The van der Waals surface area contributed by atoms with Crippen LogP contribution in [0.3, 0.4) is 0 Å². The zero-order valence-corrected chi connectivity index (χ0v) is 22.3. The second-order valence-electron chi connectivity index (χ2n) is 11.5. The van der Waals surface area contributed by atoms with Crippen LogP contribution >= 0.6 is 0 Å². The maximum absolute atomic E-state index is 13.9. The number of ketones is 4. The Hall–Kier alpha value is -3.83. The van der Waals surface area contributed by atoms with Gasteiger partial charge in [-0.2, -0.15) is 0 Å². The molecule has 11 heteroatoms. The lowest BCUT2D eigenvalue weighted by Gasteiger charge is -2.50. The van der Waals surface area contributed by atoms with E-state index < -0.39 is 81.3 Å². The molecular formula is C29H32N2O9. The number of carbonyl (C=O) groups is 5. The van der Waals surface area contributed by atoms with E-state index in [1.807, 2.05) is 0 Å². The third kappa shape index (κ3) is 3.82. The van der Waals surface area contributed by atoms with E-state index in [9.17, 15) is 44.4 Å². The molecule has 0 spiro atoms. The molecule has 0 bridgehead atoms. The van der Waals surface area contributed by atoms with Gasteiger partial charge in [0, 0.05) is 23.0 Å². The number of benzene rings is 1. The van der Waals surface area contributed by atoms with E-state index in [1.54, 1.807) is 0 Å². The molecule has 1 aromatic rings. The number of nitrogens with two attached hydrogens (primary N) is 1. The van der Waals surface area contributed by atoms with Crippen LogP contribution < -0.4 is 5.73 Å². The van der Waals surface area contributed by atoms with Crippen molar-refractivity contribution < 1.29 is 44.4 Å². The van der Waals surface area contributed by atoms with Crippen LogP contribution in [0.1, 0.15) is 60.0 Å². The van der Waals surface area contributed by atoms with Gasteiger partial charge in [-0.05, 0) is 63.4 Å². The monoisotopic (exact) mass is 552 g/mol. The molecule has 4 aliphatic carbocycles. The van der Waals surface area contributed by atoms with Crippen molar-refractivity contribution in [3.8, 4) is 5.75 Å². The molecular weight excluding hydrogens is 520 g/mol. The maximum atomic E-state index is 13.9. The lowest BCUT2D eigenvalue weighted by atomic mass is 9.57. The largest absolute Gasteiger partial charge is 0.508 e. The van der Waals surface area contributed by atoms with Gasteiger partial charge in [-0.25, -0.2) is 0 Å². The Morgan fingerprint density at radius 3 is 2.27 bits per heavy atom. The number of amides is 1. The predicted molar refractivity (Wildman–Crippen MR) is 140 cm³/mol. The number of aliphatic hydroxyl groups excluding tert-OH is 2. The molecule has 4 aliphatic rings. The van der Waals surface area contributed by atoms with E-state index in [0.717, 1.165) is 25.3 Å². The molecule has 0 aliphatic heterocycles. The van der Waals surface area contributed by atoms with Crippen molar-refractivity contribution in [3.05, 3.63) is 45.7 Å². The molecule has 2 fully saturated rings. The molecule has 0 heterocycles. The fourth-order valence-electron chi connectivity index (χ4n) is 7.14. The minimum absolute atomic E-state index is 0.0184. The summed E-state index contributed by atoms with van der Waals surface area (Å²) in [6.45, 7) is 0. The molecule has 4 atom stereocenters. The summed E-state index contributed by atoms with van der Waals surface area (Å²) in [5.74, 6) is -9.34. The first kappa shape index (κ1) is 27.7. The van der Waals surface area contributed by atoms with Crippen LogP contribution in [-0.4, -0.2) is 80.1 Å². The van der Waals surface area contributed by atoms with Crippen LogP contribution in [0.25, 0.3) is 5.76 Å². The molecule has 1 aromatic carbocycles. The highest BCUT2D eigenvalue weighted by molar-refractivity contribution is 6.44. The number of Topliss-reactive ketones (excluding diaryl/α,β-unsaturated/α-hetero) is 4. The number of fused-ring (bicyclic) bond motifs is 3. The Labute approximate surface area is 230 Å². The molecule has 11 nitrogen and oxygen atoms in total. The number of hydrogen-bond donors (Lipinski definition) is 5. The minimum atomic E-state index is -2.75. The molecule has 212 valence electrons. The number of aromatic hydroxyl groups is 1. The number of hydrogen-bond acceptors (Lipinski definition) is 10. The quantitative estimate of drug-likeness (QED) is 0.202. The minimum Gasteiger partial charge on any atom is -0.508 e. The van der Waals surface area contributed by atoms with Gasteiger partial charge in [0.05, 0.1) is 11.6 Å². The van der Waals surface area contributed by atoms with E-state index in [-0.39, 0.29) is 35.1 Å². The van der Waals surface area contributed by atoms with Crippen molar-refractivity contribution >= 4 is 34.8 Å². The summed E-state index contributed by atoms with van der Waals surface area (Å²) in [4.78, 5) is 67.1. The molecule has 6 N–H and O–H groups in total. The van der Waals surface area contributed by atoms with Crippen LogP contribution in [-0.2, 0) is 25.6 Å². The van der Waals surface area contributed by atoms with E-state index in [4.69, 9.17) is 5.73 Å². The molecule has 5 rings (SSSR count). The summed E-state index contributed by atoms with van der Waals surface area (Å²) in [7, 11) is 3.03. The SMILES string of the molecule is CN(C)C1C(=O)C(C(N)=O)=C(O)[C@]2(O)C(=O)C3=C(O)c4c(O)ccc(C(=O)C(=O)C5CCCCC5)c4C[C@@H]3C[C@H]12. The van der Waals surface area contributed by atoms with Crippen molar-refractivity contribution in [1.82, 2.24) is 4.90 Å². The van der Waals surface area contributed by atoms with Gasteiger partial charge in [0.25, 0.3) is 5.91 Å². The van der Waals surface area contributed by atoms with Gasteiger partial charge in [0.2, 0.25) is 17.3 Å². The normalized spacial score (nSPS) is 28.8. The number of aliphatic hydroxyl groups is 3. The van der Waals surface area contributed by atoms with Crippen molar-refractivity contribution in [2.45, 2.75) is 56.6 Å². The number of phenols is 1. The zero-order valence-electron chi connectivity index (χ0n) is 22.3. The number of carbonyl (C=O) groups excluding carboxylic acids is 5. The van der Waals surface area contributed by atoms with Crippen LogP contribution in [0.4, 0.5) is 0 Å². The summed E-state index contributed by atoms with van der Waals surface area (Å²) in [5, 5.41) is 44.6. The smallest absolute Gasteiger partial charge is 0.255 e. The summed E-state index contributed by atoms with van der Waals surface area (Å²) in [5.41, 5.74) is 1.38. The highest BCUT2D eigenvalue weighted by Gasteiger charge is 2.64. The predicted octanol–water partition coefficient (Wildman–Crippen LogP) is 1.30. The molecule has 2 saturated carbocycles. The third-order valence-electron chi connectivity index (χ3n) is 9.05. The summed E-state index contributed by atoms with van der Waals surface area (Å²) in [6.07, 6.45) is 3.77. The van der Waals surface area contributed by atoms with E-state index in [1.165, 1.54) is 25.1 Å². The number of rotatable bonds is 5. The number of phenolic OH excluding ortho intramolecular Hbond substituents is 1. The van der Waals surface area contributed by atoms with Gasteiger partial charge in [-0.15, -0.1) is 0 Å². The third-order valence-corrected chi connectivity index (χ3v) is 9.05. The van der Waals surface area contributed by atoms with Crippen LogP contribution in [0.5, 0.6) is 5.75 Å². The van der Waals surface area contributed by atoms with Crippen LogP contribution in [0, 0.1) is 17.8 Å². The van der Waals surface area contributed by atoms with E-state index >= 15 is 0 Å². The van der Waals surface area contributed by atoms with Gasteiger partial charge < -0.3 is 26.2 Å². The Morgan fingerprint density at radius 1 is 1.02 bits per heavy atom. The number of nitrogens with zero attached hydrogens (tertiary/aromatic N) is 1. The Balaban J connectivity index is 1.65. The standard InChI is InChI=1S/C29H32N2O9/c1-31(2)21-16-11-13-10-15-14(23(34)22(33)12-6-4-3-5-7-12)8-9-17(32)19(15)24(35)18(13)26(37)29(16,40)27(38)20(25(21)36)28(30)39/h8-9,12-13,16,21,32,35,38,40H,3-7,10-11H2,1-2H3,(H2,30,39)/t13-,16-,21?,29-/m1/s1.